The number of aromatic nitrogens is 5. The smallest absolute Gasteiger partial charge is 0.228 e. The molecular weight excluding hydrogens is 238 g/mol. The van der Waals surface area contributed by atoms with Crippen molar-refractivity contribution in [1.29, 1.82) is 0 Å². The van der Waals surface area contributed by atoms with E-state index in [2.05, 4.69) is 34.2 Å². The Balaban J connectivity index is 2.13. The number of aromatic amines is 1. The zero-order chi connectivity index (χ0) is 12.4. The number of nitrogens with zero attached hydrogens (tertiary/aromatic N) is 4. The van der Waals surface area contributed by atoms with Gasteiger partial charge in [-0.05, 0) is 19.1 Å². The molecule has 0 aliphatic heterocycles. The van der Waals surface area contributed by atoms with Gasteiger partial charge in [-0.25, -0.2) is 0 Å². The van der Waals surface area contributed by atoms with Gasteiger partial charge in [-0.15, -0.1) is 0 Å². The van der Waals surface area contributed by atoms with E-state index in [9.17, 15) is 0 Å². The van der Waals surface area contributed by atoms with Crippen molar-refractivity contribution >= 4 is 12.2 Å². The standard InChI is InChI=1S/C10H15N5OS/c1-6(2)9-12-13-10(17)15(9)5-4-8-11-7(3)14-16-8/h6H,4-5H2,1-3H3,(H,13,17). The zero-order valence-corrected chi connectivity index (χ0v) is 10.9. The van der Waals surface area contributed by atoms with Crippen LogP contribution in [0.4, 0.5) is 0 Å². The molecule has 92 valence electrons. The molecule has 0 unspecified atom stereocenters. The van der Waals surface area contributed by atoms with E-state index in [1.807, 2.05) is 4.57 Å². The third-order valence-corrected chi connectivity index (χ3v) is 2.73. The average molecular weight is 253 g/mol. The number of rotatable bonds is 4. The maximum Gasteiger partial charge on any atom is 0.228 e. The fourth-order valence-corrected chi connectivity index (χ4v) is 1.87. The Morgan fingerprint density at radius 1 is 1.47 bits per heavy atom. The van der Waals surface area contributed by atoms with Gasteiger partial charge in [-0.1, -0.05) is 19.0 Å². The Bertz CT molecular complexity index is 553. The minimum absolute atomic E-state index is 0.326. The van der Waals surface area contributed by atoms with Crippen molar-refractivity contribution in [3.63, 3.8) is 0 Å². The van der Waals surface area contributed by atoms with E-state index in [-0.39, 0.29) is 0 Å². The van der Waals surface area contributed by atoms with Gasteiger partial charge in [0.15, 0.2) is 10.6 Å². The van der Waals surface area contributed by atoms with Gasteiger partial charge in [0.2, 0.25) is 5.89 Å². The van der Waals surface area contributed by atoms with Gasteiger partial charge in [0.25, 0.3) is 0 Å². The lowest BCUT2D eigenvalue weighted by Crippen LogP contribution is -2.08. The van der Waals surface area contributed by atoms with Crippen molar-refractivity contribution in [2.24, 2.45) is 0 Å². The maximum atomic E-state index is 5.19. The van der Waals surface area contributed by atoms with Crippen LogP contribution in [0.5, 0.6) is 0 Å². The molecule has 2 aromatic rings. The molecule has 0 aliphatic rings. The number of H-pyrrole nitrogens is 1. The fourth-order valence-electron chi connectivity index (χ4n) is 1.64. The largest absolute Gasteiger partial charge is 0.339 e. The first-order valence-corrected chi connectivity index (χ1v) is 5.93. The second-order valence-corrected chi connectivity index (χ2v) is 4.57. The highest BCUT2D eigenvalue weighted by Gasteiger charge is 2.11. The lowest BCUT2D eigenvalue weighted by atomic mass is 10.2. The molecule has 0 saturated heterocycles. The van der Waals surface area contributed by atoms with Gasteiger partial charge in [0.1, 0.15) is 5.82 Å². The topological polar surface area (TPSA) is 72.5 Å². The third kappa shape index (κ3) is 2.60. The van der Waals surface area contributed by atoms with E-state index < -0.39 is 0 Å². The Kier molecular flexibility index (Phi) is 3.37. The SMILES string of the molecule is Cc1noc(CCn2c(C(C)C)n[nH]c2=S)n1. The van der Waals surface area contributed by atoms with E-state index in [0.717, 1.165) is 5.82 Å². The molecule has 0 spiro atoms. The van der Waals surface area contributed by atoms with E-state index in [4.69, 9.17) is 16.7 Å². The molecule has 0 aromatic carbocycles. The van der Waals surface area contributed by atoms with Gasteiger partial charge in [-0.2, -0.15) is 10.1 Å². The molecule has 0 saturated carbocycles. The Labute approximate surface area is 104 Å². The van der Waals surface area contributed by atoms with Crippen LogP contribution in [0.1, 0.15) is 37.3 Å². The fraction of sp³-hybridized carbons (Fsp3) is 0.600. The summed E-state index contributed by atoms with van der Waals surface area (Å²) < 4.78 is 7.67. The summed E-state index contributed by atoms with van der Waals surface area (Å²) in [6.45, 7) is 6.66. The van der Waals surface area contributed by atoms with E-state index in [1.165, 1.54) is 0 Å². The van der Waals surface area contributed by atoms with Crippen LogP contribution in [-0.4, -0.2) is 24.9 Å². The van der Waals surface area contributed by atoms with Crippen LogP contribution in [0.2, 0.25) is 0 Å². The quantitative estimate of drug-likeness (QED) is 0.844. The summed E-state index contributed by atoms with van der Waals surface area (Å²) >= 11 is 5.19. The van der Waals surface area contributed by atoms with Crippen LogP contribution in [-0.2, 0) is 13.0 Å². The maximum absolute atomic E-state index is 5.19. The Morgan fingerprint density at radius 2 is 2.24 bits per heavy atom. The van der Waals surface area contributed by atoms with Gasteiger partial charge in [-0.3, -0.25) is 5.10 Å². The van der Waals surface area contributed by atoms with Crippen LogP contribution >= 0.6 is 12.2 Å². The Morgan fingerprint density at radius 3 is 2.82 bits per heavy atom. The monoisotopic (exact) mass is 253 g/mol. The van der Waals surface area contributed by atoms with Crippen LogP contribution in [0.15, 0.2) is 4.52 Å². The summed E-state index contributed by atoms with van der Waals surface area (Å²) in [7, 11) is 0. The zero-order valence-electron chi connectivity index (χ0n) is 10.1. The Hall–Kier alpha value is -1.50. The highest BCUT2D eigenvalue weighted by molar-refractivity contribution is 7.71. The molecule has 2 aromatic heterocycles. The van der Waals surface area contributed by atoms with Crippen LogP contribution in [0.25, 0.3) is 0 Å². The number of hydrogen-bond acceptors (Lipinski definition) is 5. The molecule has 0 bridgehead atoms. The van der Waals surface area contributed by atoms with E-state index >= 15 is 0 Å². The van der Waals surface area contributed by atoms with Gasteiger partial charge < -0.3 is 9.09 Å². The first-order chi connectivity index (χ1) is 8.08. The molecule has 0 fully saturated rings. The van der Waals surface area contributed by atoms with Gasteiger partial charge in [0.05, 0.1) is 0 Å². The predicted molar refractivity (Wildman–Crippen MR) is 64.2 cm³/mol. The lowest BCUT2D eigenvalue weighted by molar-refractivity contribution is 0.367. The summed E-state index contributed by atoms with van der Waals surface area (Å²) in [5, 5.41) is 10.8. The molecule has 7 heteroatoms. The van der Waals surface area contributed by atoms with E-state index in [0.29, 0.717) is 35.4 Å². The lowest BCUT2D eigenvalue weighted by Gasteiger charge is -2.07. The van der Waals surface area contributed by atoms with Crippen LogP contribution < -0.4 is 0 Å². The van der Waals surface area contributed by atoms with Crippen molar-refractivity contribution in [3.05, 3.63) is 22.3 Å². The summed E-state index contributed by atoms with van der Waals surface area (Å²) in [5.41, 5.74) is 0. The average Bonchev–Trinajstić information content (AvgIpc) is 2.82. The highest BCUT2D eigenvalue weighted by atomic mass is 32.1. The van der Waals surface area contributed by atoms with E-state index in [1.54, 1.807) is 6.92 Å². The summed E-state index contributed by atoms with van der Waals surface area (Å²) in [6, 6.07) is 0. The van der Waals surface area contributed by atoms with Gasteiger partial charge in [0, 0.05) is 18.9 Å². The first-order valence-electron chi connectivity index (χ1n) is 5.52. The van der Waals surface area contributed by atoms with Gasteiger partial charge >= 0.3 is 0 Å². The van der Waals surface area contributed by atoms with Crippen molar-refractivity contribution < 1.29 is 4.52 Å². The molecule has 6 nitrogen and oxygen atoms in total. The molecule has 2 rings (SSSR count). The molecule has 2 heterocycles. The predicted octanol–water partition coefficient (Wildman–Crippen LogP) is 2.00. The van der Waals surface area contributed by atoms with Crippen molar-refractivity contribution in [1.82, 2.24) is 24.9 Å². The molecule has 1 N–H and O–H groups in total. The summed E-state index contributed by atoms with van der Waals surface area (Å²) in [5.74, 6) is 2.55. The first kappa shape index (κ1) is 12.0. The molecule has 0 aliphatic carbocycles. The second kappa shape index (κ2) is 4.79. The highest BCUT2D eigenvalue weighted by Crippen LogP contribution is 2.12. The van der Waals surface area contributed by atoms with Crippen molar-refractivity contribution in [2.45, 2.75) is 39.7 Å². The molecule has 0 radical (unpaired) electrons. The van der Waals surface area contributed by atoms with Crippen LogP contribution in [0, 0.1) is 11.7 Å². The van der Waals surface area contributed by atoms with Crippen molar-refractivity contribution in [3.8, 4) is 0 Å². The number of hydrogen-bond donors (Lipinski definition) is 1. The minimum Gasteiger partial charge on any atom is -0.339 e. The van der Waals surface area contributed by atoms with Crippen LogP contribution in [0.3, 0.4) is 0 Å². The molecule has 17 heavy (non-hydrogen) atoms. The minimum atomic E-state index is 0.326. The molecular formula is C10H15N5OS. The second-order valence-electron chi connectivity index (χ2n) is 4.18. The normalized spacial score (nSPS) is 11.3. The summed E-state index contributed by atoms with van der Waals surface area (Å²) in [4.78, 5) is 4.16. The summed E-state index contributed by atoms with van der Waals surface area (Å²) in [6.07, 6.45) is 0.661. The van der Waals surface area contributed by atoms with Crippen molar-refractivity contribution in [2.75, 3.05) is 0 Å². The number of nitrogens with one attached hydrogen (secondary N) is 1. The molecule has 0 atom stereocenters. The third-order valence-electron chi connectivity index (χ3n) is 2.42. The molecule has 0 amide bonds. The number of aryl methyl sites for hydroxylation is 2.